The summed E-state index contributed by atoms with van der Waals surface area (Å²) in [5, 5.41) is 19.1. The summed E-state index contributed by atoms with van der Waals surface area (Å²) in [6.07, 6.45) is 1.52. The Kier molecular flexibility index (Phi) is 8.74. The lowest BCUT2D eigenvalue weighted by molar-refractivity contribution is 0.136. The normalized spacial score (nSPS) is 13.1. The number of hydrogen-bond acceptors (Lipinski definition) is 5. The lowest BCUT2D eigenvalue weighted by Gasteiger charge is -2.20. The molecule has 2 N–H and O–H groups in total. The van der Waals surface area contributed by atoms with Gasteiger partial charge in [0.25, 0.3) is 0 Å². The van der Waals surface area contributed by atoms with Gasteiger partial charge in [0.2, 0.25) is 0 Å². The fraction of sp³-hybridized carbons (Fsp3) is 0.714. The van der Waals surface area contributed by atoms with Crippen LogP contribution in [0.4, 0.5) is 0 Å². The standard InChI is InChI=1S/C14H25NO2S2/c1-3-11-18-14-6-5-13(19-14)12(17)7-8-15(4-2)9-10-16/h5-6,12,16-17H,3-4,7-11H2,1-2H3. The van der Waals surface area contributed by atoms with Gasteiger partial charge in [-0.15, -0.1) is 23.1 Å². The zero-order valence-corrected chi connectivity index (χ0v) is 13.5. The smallest absolute Gasteiger partial charge is 0.0894 e. The molecule has 0 aliphatic carbocycles. The molecule has 1 heterocycles. The van der Waals surface area contributed by atoms with Crippen LogP contribution in [-0.2, 0) is 0 Å². The van der Waals surface area contributed by atoms with Crippen LogP contribution in [0.2, 0.25) is 0 Å². The number of rotatable bonds is 10. The van der Waals surface area contributed by atoms with Gasteiger partial charge in [-0.05, 0) is 37.3 Å². The molecule has 5 heteroatoms. The van der Waals surface area contributed by atoms with E-state index in [0.717, 1.165) is 30.1 Å². The zero-order valence-electron chi connectivity index (χ0n) is 11.8. The quantitative estimate of drug-likeness (QED) is 0.652. The lowest BCUT2D eigenvalue weighted by Crippen LogP contribution is -2.28. The molecule has 0 fully saturated rings. The van der Waals surface area contributed by atoms with E-state index in [0.29, 0.717) is 6.54 Å². The lowest BCUT2D eigenvalue weighted by atomic mass is 10.2. The number of aliphatic hydroxyl groups is 2. The van der Waals surface area contributed by atoms with Gasteiger partial charge in [-0.3, -0.25) is 0 Å². The fourth-order valence-electron chi connectivity index (χ4n) is 1.81. The van der Waals surface area contributed by atoms with Gasteiger partial charge >= 0.3 is 0 Å². The van der Waals surface area contributed by atoms with Gasteiger partial charge in [-0.2, -0.15) is 0 Å². The molecule has 1 aromatic rings. The van der Waals surface area contributed by atoms with Gasteiger partial charge in [-0.25, -0.2) is 0 Å². The summed E-state index contributed by atoms with van der Waals surface area (Å²) in [4.78, 5) is 3.21. The van der Waals surface area contributed by atoms with Gasteiger partial charge < -0.3 is 15.1 Å². The molecule has 1 aromatic heterocycles. The Hall–Kier alpha value is -0.0700. The second-order valence-electron chi connectivity index (χ2n) is 4.47. The second-order valence-corrected chi connectivity index (χ2v) is 6.98. The average Bonchev–Trinajstić information content (AvgIpc) is 2.89. The minimum atomic E-state index is -0.381. The minimum Gasteiger partial charge on any atom is -0.395 e. The molecule has 0 amide bonds. The van der Waals surface area contributed by atoms with Crippen molar-refractivity contribution in [3.8, 4) is 0 Å². The van der Waals surface area contributed by atoms with Crippen LogP contribution in [0, 0.1) is 0 Å². The molecule has 0 bridgehead atoms. The van der Waals surface area contributed by atoms with Crippen LogP contribution in [0.1, 0.15) is 37.7 Å². The maximum absolute atomic E-state index is 10.2. The van der Waals surface area contributed by atoms with E-state index in [9.17, 15) is 5.11 Å². The first-order valence-electron chi connectivity index (χ1n) is 6.95. The molecule has 1 rings (SSSR count). The Bertz CT molecular complexity index is 344. The minimum absolute atomic E-state index is 0.181. The van der Waals surface area contributed by atoms with Crippen molar-refractivity contribution in [3.63, 3.8) is 0 Å². The molecular formula is C14H25NO2S2. The summed E-state index contributed by atoms with van der Waals surface area (Å²) >= 11 is 3.56. The fourth-order valence-corrected chi connectivity index (χ4v) is 3.91. The summed E-state index contributed by atoms with van der Waals surface area (Å²) in [6, 6.07) is 4.14. The molecule has 0 aromatic carbocycles. The first-order chi connectivity index (χ1) is 9.21. The molecule has 19 heavy (non-hydrogen) atoms. The molecule has 1 atom stereocenters. The van der Waals surface area contributed by atoms with Crippen molar-refractivity contribution < 1.29 is 10.2 Å². The Balaban J connectivity index is 2.39. The Morgan fingerprint density at radius 3 is 2.74 bits per heavy atom. The topological polar surface area (TPSA) is 43.7 Å². The van der Waals surface area contributed by atoms with Gasteiger partial charge in [0.1, 0.15) is 0 Å². The molecular weight excluding hydrogens is 278 g/mol. The highest BCUT2D eigenvalue weighted by molar-refractivity contribution is 8.01. The molecule has 0 spiro atoms. The molecule has 0 aliphatic rings. The van der Waals surface area contributed by atoms with Crippen LogP contribution >= 0.6 is 23.1 Å². The maximum atomic E-state index is 10.2. The molecule has 0 aliphatic heterocycles. The number of thiophene rings is 1. The van der Waals surface area contributed by atoms with Crippen LogP contribution < -0.4 is 0 Å². The van der Waals surface area contributed by atoms with Crippen molar-refractivity contribution in [1.29, 1.82) is 0 Å². The predicted octanol–water partition coefficient (Wildman–Crippen LogP) is 2.99. The first kappa shape index (κ1) is 17.0. The van der Waals surface area contributed by atoms with E-state index in [1.54, 1.807) is 11.3 Å². The van der Waals surface area contributed by atoms with Crippen molar-refractivity contribution in [2.75, 3.05) is 32.0 Å². The van der Waals surface area contributed by atoms with Crippen LogP contribution in [0.25, 0.3) is 0 Å². The van der Waals surface area contributed by atoms with Crippen molar-refractivity contribution in [2.45, 2.75) is 37.0 Å². The highest BCUT2D eigenvalue weighted by atomic mass is 32.2. The highest BCUT2D eigenvalue weighted by Gasteiger charge is 2.12. The SMILES string of the molecule is CCCSc1ccc(C(O)CCN(CC)CCO)s1. The third-order valence-corrected chi connectivity index (χ3v) is 5.58. The monoisotopic (exact) mass is 303 g/mol. The van der Waals surface area contributed by atoms with E-state index in [-0.39, 0.29) is 12.7 Å². The van der Waals surface area contributed by atoms with E-state index in [4.69, 9.17) is 5.11 Å². The molecule has 1 unspecified atom stereocenters. The number of thioether (sulfide) groups is 1. The third kappa shape index (κ3) is 6.27. The molecule has 0 saturated carbocycles. The van der Waals surface area contributed by atoms with Crippen molar-refractivity contribution in [2.24, 2.45) is 0 Å². The molecule has 110 valence electrons. The predicted molar refractivity (Wildman–Crippen MR) is 84.1 cm³/mol. The first-order valence-corrected chi connectivity index (χ1v) is 8.75. The maximum Gasteiger partial charge on any atom is 0.0894 e. The van der Waals surface area contributed by atoms with Gasteiger partial charge in [0, 0.05) is 18.0 Å². The Morgan fingerprint density at radius 1 is 1.32 bits per heavy atom. The molecule has 3 nitrogen and oxygen atoms in total. The van der Waals surface area contributed by atoms with Crippen molar-refractivity contribution in [3.05, 3.63) is 17.0 Å². The molecule has 0 saturated heterocycles. The van der Waals surface area contributed by atoms with Gasteiger partial charge in [0.05, 0.1) is 16.9 Å². The number of likely N-dealkylation sites (N-methyl/N-ethyl adjacent to an activating group) is 1. The summed E-state index contributed by atoms with van der Waals surface area (Å²) in [5.74, 6) is 1.14. The second kappa shape index (κ2) is 9.77. The van der Waals surface area contributed by atoms with Crippen LogP contribution in [0.3, 0.4) is 0 Å². The number of aliphatic hydroxyl groups excluding tert-OH is 2. The van der Waals surface area contributed by atoms with E-state index < -0.39 is 0 Å². The number of hydrogen-bond donors (Lipinski definition) is 2. The summed E-state index contributed by atoms with van der Waals surface area (Å²) in [5.41, 5.74) is 0. The molecule has 0 radical (unpaired) electrons. The number of nitrogens with zero attached hydrogens (tertiary/aromatic N) is 1. The zero-order chi connectivity index (χ0) is 14.1. The van der Waals surface area contributed by atoms with Crippen LogP contribution in [-0.4, -0.2) is 47.1 Å². The highest BCUT2D eigenvalue weighted by Crippen LogP contribution is 2.32. The Morgan fingerprint density at radius 2 is 2.11 bits per heavy atom. The Labute approximate surface area is 124 Å². The van der Waals surface area contributed by atoms with Crippen molar-refractivity contribution in [1.82, 2.24) is 4.90 Å². The van der Waals surface area contributed by atoms with E-state index in [1.165, 1.54) is 10.6 Å². The average molecular weight is 303 g/mol. The van der Waals surface area contributed by atoms with E-state index >= 15 is 0 Å². The van der Waals surface area contributed by atoms with E-state index in [1.807, 2.05) is 17.8 Å². The summed E-state index contributed by atoms with van der Waals surface area (Å²) in [6.45, 7) is 6.86. The summed E-state index contributed by atoms with van der Waals surface area (Å²) in [7, 11) is 0. The van der Waals surface area contributed by atoms with Gasteiger partial charge in [-0.1, -0.05) is 13.8 Å². The van der Waals surface area contributed by atoms with Gasteiger partial charge in [0.15, 0.2) is 0 Å². The largest absolute Gasteiger partial charge is 0.395 e. The van der Waals surface area contributed by atoms with Crippen molar-refractivity contribution >= 4 is 23.1 Å². The third-order valence-electron chi connectivity index (χ3n) is 2.96. The van der Waals surface area contributed by atoms with Crippen LogP contribution in [0.5, 0.6) is 0 Å². The van der Waals surface area contributed by atoms with E-state index in [2.05, 4.69) is 24.8 Å². The summed E-state index contributed by atoms with van der Waals surface area (Å²) < 4.78 is 1.29. The van der Waals surface area contributed by atoms with Crippen LogP contribution in [0.15, 0.2) is 16.3 Å².